The van der Waals surface area contributed by atoms with Crippen LogP contribution in [0.4, 0.5) is 21.3 Å². The molecule has 3 aromatic carbocycles. The van der Waals surface area contributed by atoms with Gasteiger partial charge in [-0.15, -0.1) is 0 Å². The van der Waals surface area contributed by atoms with Gasteiger partial charge in [-0.3, -0.25) is 10.1 Å². The summed E-state index contributed by atoms with van der Waals surface area (Å²) in [5.74, 6) is -0.208. The van der Waals surface area contributed by atoms with Crippen LogP contribution in [0.5, 0.6) is 0 Å². The van der Waals surface area contributed by atoms with E-state index in [0.717, 1.165) is 21.5 Å². The molecule has 0 fully saturated rings. The lowest BCUT2D eigenvalue weighted by atomic mass is 10.1. The fourth-order valence-corrected chi connectivity index (χ4v) is 3.90. The highest BCUT2D eigenvalue weighted by Gasteiger charge is 2.11. The van der Waals surface area contributed by atoms with Crippen LogP contribution < -0.4 is 16.0 Å². The predicted octanol–water partition coefficient (Wildman–Crippen LogP) is 5.81. The van der Waals surface area contributed by atoms with Gasteiger partial charge in [0, 0.05) is 16.9 Å². The third-order valence-corrected chi connectivity index (χ3v) is 5.48. The Labute approximate surface area is 178 Å². The Morgan fingerprint density at radius 2 is 1.67 bits per heavy atom. The zero-order valence-corrected chi connectivity index (χ0v) is 17.3. The van der Waals surface area contributed by atoms with Crippen LogP contribution in [-0.2, 0) is 0 Å². The van der Waals surface area contributed by atoms with Crippen molar-refractivity contribution in [1.82, 2.24) is 4.98 Å². The van der Waals surface area contributed by atoms with Crippen molar-refractivity contribution in [3.63, 3.8) is 0 Å². The monoisotopic (exact) mass is 416 g/mol. The van der Waals surface area contributed by atoms with E-state index in [1.165, 1.54) is 11.3 Å². The van der Waals surface area contributed by atoms with E-state index in [1.54, 1.807) is 18.2 Å². The van der Waals surface area contributed by atoms with Crippen molar-refractivity contribution in [2.75, 3.05) is 16.0 Å². The van der Waals surface area contributed by atoms with E-state index in [2.05, 4.69) is 20.9 Å². The number of nitrogens with zero attached hydrogens (tertiary/aromatic N) is 1. The van der Waals surface area contributed by atoms with Gasteiger partial charge in [-0.2, -0.15) is 0 Å². The summed E-state index contributed by atoms with van der Waals surface area (Å²) in [5.41, 5.74) is 4.80. The Morgan fingerprint density at radius 3 is 2.43 bits per heavy atom. The number of aryl methyl sites for hydroxylation is 2. The van der Waals surface area contributed by atoms with Crippen LogP contribution in [-0.4, -0.2) is 16.9 Å². The molecule has 0 atom stereocenters. The van der Waals surface area contributed by atoms with Gasteiger partial charge in [0.1, 0.15) is 0 Å². The van der Waals surface area contributed by atoms with Gasteiger partial charge in [0.05, 0.1) is 10.2 Å². The summed E-state index contributed by atoms with van der Waals surface area (Å²) in [6.45, 7) is 3.96. The van der Waals surface area contributed by atoms with E-state index in [9.17, 15) is 9.59 Å². The molecule has 0 aliphatic heterocycles. The number of nitrogens with one attached hydrogen (secondary N) is 3. The minimum Gasteiger partial charge on any atom is -0.308 e. The van der Waals surface area contributed by atoms with E-state index < -0.39 is 0 Å². The molecule has 7 heteroatoms. The molecule has 0 saturated carbocycles. The molecule has 3 amide bonds. The second kappa shape index (κ2) is 8.34. The van der Waals surface area contributed by atoms with Crippen LogP contribution >= 0.6 is 11.3 Å². The lowest BCUT2D eigenvalue weighted by molar-refractivity contribution is 0.102. The number of hydrogen-bond acceptors (Lipinski definition) is 4. The Bertz CT molecular complexity index is 1230. The zero-order valence-electron chi connectivity index (χ0n) is 16.5. The molecule has 0 radical (unpaired) electrons. The highest BCUT2D eigenvalue weighted by atomic mass is 32.1. The number of fused-ring (bicyclic) bond motifs is 1. The SMILES string of the molecule is Cc1ccc(NC(=O)Nc2ccc3sc(NC(=O)c4ccccc4)nc3c2)c(C)c1. The second-order valence-electron chi connectivity index (χ2n) is 6.92. The quantitative estimate of drug-likeness (QED) is 0.393. The molecular formula is C23H20N4O2S. The van der Waals surface area contributed by atoms with E-state index >= 15 is 0 Å². The zero-order chi connectivity index (χ0) is 21.1. The van der Waals surface area contributed by atoms with E-state index in [0.29, 0.717) is 21.9 Å². The van der Waals surface area contributed by atoms with Gasteiger partial charge in [0.2, 0.25) is 0 Å². The number of thiazole rings is 1. The third-order valence-electron chi connectivity index (χ3n) is 4.53. The van der Waals surface area contributed by atoms with Gasteiger partial charge in [-0.1, -0.05) is 47.2 Å². The van der Waals surface area contributed by atoms with Crippen molar-refractivity contribution in [2.24, 2.45) is 0 Å². The second-order valence-corrected chi connectivity index (χ2v) is 7.95. The average molecular weight is 417 g/mol. The largest absolute Gasteiger partial charge is 0.323 e. The Morgan fingerprint density at radius 1 is 0.867 bits per heavy atom. The van der Waals surface area contributed by atoms with Gasteiger partial charge >= 0.3 is 6.03 Å². The molecule has 0 spiro atoms. The number of aromatic nitrogens is 1. The van der Waals surface area contributed by atoms with Crippen LogP contribution in [0.15, 0.2) is 66.7 Å². The standard InChI is InChI=1S/C23H20N4O2S/c1-14-8-10-18(15(2)12-14)25-22(29)24-17-9-11-20-19(13-17)26-23(30-20)27-21(28)16-6-4-3-5-7-16/h3-13H,1-2H3,(H2,24,25,29)(H,26,27,28). The fourth-order valence-electron chi connectivity index (χ4n) is 3.06. The summed E-state index contributed by atoms with van der Waals surface area (Å²) in [7, 11) is 0. The lowest BCUT2D eigenvalue weighted by Crippen LogP contribution is -2.19. The van der Waals surface area contributed by atoms with Crippen LogP contribution in [0, 0.1) is 13.8 Å². The smallest absolute Gasteiger partial charge is 0.308 e. The van der Waals surface area contributed by atoms with E-state index in [-0.39, 0.29) is 11.9 Å². The first-order valence-electron chi connectivity index (χ1n) is 9.40. The number of rotatable bonds is 4. The highest BCUT2D eigenvalue weighted by molar-refractivity contribution is 7.22. The Kier molecular flexibility index (Phi) is 5.45. The number of amides is 3. The van der Waals surface area contributed by atoms with Gasteiger partial charge in [0.25, 0.3) is 5.91 Å². The number of benzene rings is 3. The van der Waals surface area contributed by atoms with Crippen molar-refractivity contribution in [2.45, 2.75) is 13.8 Å². The molecule has 1 heterocycles. The van der Waals surface area contributed by atoms with Gasteiger partial charge < -0.3 is 10.6 Å². The molecule has 4 aromatic rings. The molecule has 0 bridgehead atoms. The van der Waals surface area contributed by atoms with Crippen molar-refractivity contribution in [3.05, 3.63) is 83.4 Å². The summed E-state index contributed by atoms with van der Waals surface area (Å²) in [6, 6.07) is 20.0. The fraction of sp³-hybridized carbons (Fsp3) is 0.0870. The number of carbonyl (C=O) groups is 2. The number of anilines is 3. The molecule has 30 heavy (non-hydrogen) atoms. The summed E-state index contributed by atoms with van der Waals surface area (Å²) in [4.78, 5) is 29.2. The lowest BCUT2D eigenvalue weighted by Gasteiger charge is -2.10. The molecule has 6 nitrogen and oxygen atoms in total. The number of urea groups is 1. The summed E-state index contributed by atoms with van der Waals surface area (Å²) >= 11 is 1.38. The minimum atomic E-state index is -0.325. The van der Waals surface area contributed by atoms with E-state index in [4.69, 9.17) is 0 Å². The van der Waals surface area contributed by atoms with Gasteiger partial charge in [-0.05, 0) is 55.8 Å². The maximum Gasteiger partial charge on any atom is 0.323 e. The van der Waals surface area contributed by atoms with Gasteiger partial charge in [0.15, 0.2) is 5.13 Å². The molecule has 0 unspecified atom stereocenters. The molecule has 3 N–H and O–H groups in total. The maximum atomic E-state index is 12.4. The molecule has 0 aliphatic carbocycles. The molecule has 4 rings (SSSR count). The highest BCUT2D eigenvalue weighted by Crippen LogP contribution is 2.28. The minimum absolute atomic E-state index is 0.208. The number of carbonyl (C=O) groups excluding carboxylic acids is 2. The average Bonchev–Trinajstić information content (AvgIpc) is 3.12. The van der Waals surface area contributed by atoms with Crippen molar-refractivity contribution in [1.29, 1.82) is 0 Å². The third kappa shape index (κ3) is 4.47. The van der Waals surface area contributed by atoms with Crippen LogP contribution in [0.3, 0.4) is 0 Å². The van der Waals surface area contributed by atoms with E-state index in [1.807, 2.05) is 62.4 Å². The van der Waals surface area contributed by atoms with Crippen molar-refractivity contribution >= 4 is 50.0 Å². The molecule has 0 aliphatic rings. The topological polar surface area (TPSA) is 83.1 Å². The number of hydrogen-bond donors (Lipinski definition) is 3. The van der Waals surface area contributed by atoms with Crippen LogP contribution in [0.25, 0.3) is 10.2 Å². The van der Waals surface area contributed by atoms with Crippen LogP contribution in [0.1, 0.15) is 21.5 Å². The maximum absolute atomic E-state index is 12.4. The Hall–Kier alpha value is -3.71. The Balaban J connectivity index is 1.45. The van der Waals surface area contributed by atoms with Crippen molar-refractivity contribution < 1.29 is 9.59 Å². The molecule has 1 aromatic heterocycles. The first-order valence-corrected chi connectivity index (χ1v) is 10.2. The van der Waals surface area contributed by atoms with Gasteiger partial charge in [-0.25, -0.2) is 9.78 Å². The molecule has 0 saturated heterocycles. The normalized spacial score (nSPS) is 10.6. The predicted molar refractivity (Wildman–Crippen MR) is 123 cm³/mol. The summed E-state index contributed by atoms with van der Waals surface area (Å²) < 4.78 is 0.915. The summed E-state index contributed by atoms with van der Waals surface area (Å²) in [6.07, 6.45) is 0. The first kappa shape index (κ1) is 19.6. The molecular weight excluding hydrogens is 396 g/mol. The first-order chi connectivity index (χ1) is 14.5. The molecule has 150 valence electrons. The summed E-state index contributed by atoms with van der Waals surface area (Å²) in [5, 5.41) is 9.02. The van der Waals surface area contributed by atoms with Crippen molar-refractivity contribution in [3.8, 4) is 0 Å². The van der Waals surface area contributed by atoms with Crippen LogP contribution in [0.2, 0.25) is 0 Å².